The highest BCUT2D eigenvalue weighted by Gasteiger charge is 2.17. The van der Waals surface area contributed by atoms with Gasteiger partial charge in [-0.15, -0.1) is 5.10 Å². The van der Waals surface area contributed by atoms with Crippen molar-refractivity contribution >= 4 is 23.5 Å². The van der Waals surface area contributed by atoms with Crippen LogP contribution in [0.3, 0.4) is 0 Å². The maximum absolute atomic E-state index is 10.9. The standard InChI is InChI=1S/C20H20N8O2/c1-27-17(11-18(26-27)30-19(22)29)25-20-23-7-6-15(24-20)13-4-5-16(14(10-13)12-21)28-8-2-3-9-28/h4-7,10-11H,2-3,8-9H2,1H3,(H2,22,29)(H,23,24,25). The predicted molar refractivity (Wildman–Crippen MR) is 110 cm³/mol. The number of hydrogen-bond acceptors (Lipinski definition) is 8. The number of aromatic nitrogens is 4. The number of ether oxygens (including phenoxy) is 1. The third kappa shape index (κ3) is 4.00. The van der Waals surface area contributed by atoms with E-state index in [0.29, 0.717) is 23.0 Å². The van der Waals surface area contributed by atoms with Crippen molar-refractivity contribution in [3.05, 3.63) is 42.1 Å². The molecule has 1 amide bonds. The zero-order valence-electron chi connectivity index (χ0n) is 16.4. The first-order valence-corrected chi connectivity index (χ1v) is 9.44. The molecule has 1 saturated heterocycles. The van der Waals surface area contributed by atoms with Crippen LogP contribution in [0.4, 0.5) is 22.2 Å². The number of nitrogens with two attached hydrogens (primary N) is 1. The number of primary amides is 1. The van der Waals surface area contributed by atoms with Crippen molar-refractivity contribution in [1.82, 2.24) is 19.7 Å². The molecule has 1 fully saturated rings. The van der Waals surface area contributed by atoms with Gasteiger partial charge in [0.05, 0.1) is 16.9 Å². The van der Waals surface area contributed by atoms with Gasteiger partial charge in [-0.1, -0.05) is 6.07 Å². The Bertz CT molecular complexity index is 1130. The maximum atomic E-state index is 10.9. The Kier molecular flexibility index (Phi) is 5.17. The van der Waals surface area contributed by atoms with E-state index in [2.05, 4.69) is 31.4 Å². The number of nitrogens with zero attached hydrogens (tertiary/aromatic N) is 6. The first-order chi connectivity index (χ1) is 14.5. The third-order valence-corrected chi connectivity index (χ3v) is 4.82. The molecule has 0 atom stereocenters. The van der Waals surface area contributed by atoms with E-state index < -0.39 is 6.09 Å². The molecular formula is C20H20N8O2. The Balaban J connectivity index is 1.58. The lowest BCUT2D eigenvalue weighted by atomic mass is 10.1. The Morgan fingerprint density at radius 1 is 1.27 bits per heavy atom. The van der Waals surface area contributed by atoms with E-state index in [1.54, 1.807) is 19.3 Å². The number of benzene rings is 1. The number of carbonyl (C=O) groups excluding carboxylic acids is 1. The van der Waals surface area contributed by atoms with Gasteiger partial charge in [-0.25, -0.2) is 19.4 Å². The highest BCUT2D eigenvalue weighted by Crippen LogP contribution is 2.29. The first-order valence-electron chi connectivity index (χ1n) is 9.44. The minimum absolute atomic E-state index is 0.0693. The second-order valence-corrected chi connectivity index (χ2v) is 6.84. The summed E-state index contributed by atoms with van der Waals surface area (Å²) >= 11 is 0. The minimum atomic E-state index is -0.941. The van der Waals surface area contributed by atoms with Crippen LogP contribution in [0, 0.1) is 11.3 Å². The molecule has 0 spiro atoms. The molecule has 2 aromatic heterocycles. The molecule has 3 N–H and O–H groups in total. The average Bonchev–Trinajstić information content (AvgIpc) is 3.37. The Morgan fingerprint density at radius 2 is 2.07 bits per heavy atom. The molecule has 0 unspecified atom stereocenters. The van der Waals surface area contributed by atoms with Gasteiger partial charge in [0, 0.05) is 38.0 Å². The lowest BCUT2D eigenvalue weighted by molar-refractivity contribution is 0.208. The molecule has 30 heavy (non-hydrogen) atoms. The molecule has 0 radical (unpaired) electrons. The fourth-order valence-corrected chi connectivity index (χ4v) is 3.42. The summed E-state index contributed by atoms with van der Waals surface area (Å²) in [5.74, 6) is 0.925. The van der Waals surface area contributed by atoms with Gasteiger partial charge in [-0.05, 0) is 31.0 Å². The van der Waals surface area contributed by atoms with E-state index in [-0.39, 0.29) is 5.88 Å². The van der Waals surface area contributed by atoms with Crippen LogP contribution in [-0.4, -0.2) is 38.9 Å². The van der Waals surface area contributed by atoms with Gasteiger partial charge >= 0.3 is 6.09 Å². The molecule has 10 heteroatoms. The van der Waals surface area contributed by atoms with E-state index in [4.69, 9.17) is 10.5 Å². The van der Waals surface area contributed by atoms with Crippen molar-refractivity contribution in [2.75, 3.05) is 23.3 Å². The molecular weight excluding hydrogens is 384 g/mol. The Hall–Kier alpha value is -4.13. The van der Waals surface area contributed by atoms with Gasteiger partial charge in [-0.2, -0.15) is 5.26 Å². The summed E-state index contributed by atoms with van der Waals surface area (Å²) in [5.41, 5.74) is 8.10. The van der Waals surface area contributed by atoms with Crippen LogP contribution >= 0.6 is 0 Å². The number of nitrogens with one attached hydrogen (secondary N) is 1. The number of aryl methyl sites for hydroxylation is 1. The molecule has 3 heterocycles. The number of anilines is 3. The summed E-state index contributed by atoms with van der Waals surface area (Å²) < 4.78 is 6.26. The molecule has 0 saturated carbocycles. The van der Waals surface area contributed by atoms with E-state index in [0.717, 1.165) is 37.2 Å². The molecule has 0 aliphatic carbocycles. The number of amides is 1. The molecule has 0 bridgehead atoms. The van der Waals surface area contributed by atoms with Crippen molar-refractivity contribution in [2.45, 2.75) is 12.8 Å². The van der Waals surface area contributed by atoms with Gasteiger partial charge in [-0.3, -0.25) is 0 Å². The zero-order valence-corrected chi connectivity index (χ0v) is 16.4. The molecule has 1 aliphatic rings. The van der Waals surface area contributed by atoms with Gasteiger partial charge in [0.25, 0.3) is 0 Å². The smallest absolute Gasteiger partial charge is 0.390 e. The summed E-state index contributed by atoms with van der Waals surface area (Å²) in [6.07, 6.45) is 2.98. The van der Waals surface area contributed by atoms with Gasteiger partial charge in [0.1, 0.15) is 11.9 Å². The fraction of sp³-hybridized carbons (Fsp3) is 0.250. The van der Waals surface area contributed by atoms with Crippen molar-refractivity contribution in [2.24, 2.45) is 12.8 Å². The second-order valence-electron chi connectivity index (χ2n) is 6.84. The molecule has 1 aliphatic heterocycles. The third-order valence-electron chi connectivity index (χ3n) is 4.82. The normalized spacial score (nSPS) is 13.1. The van der Waals surface area contributed by atoms with Gasteiger partial charge in [0.15, 0.2) is 0 Å². The molecule has 4 rings (SSSR count). The summed E-state index contributed by atoms with van der Waals surface area (Å²) in [6, 6.07) is 11.4. The number of hydrogen-bond donors (Lipinski definition) is 2. The van der Waals surface area contributed by atoms with Crippen LogP contribution in [0.2, 0.25) is 0 Å². The lowest BCUT2D eigenvalue weighted by Crippen LogP contribution is -2.18. The number of carbonyl (C=O) groups is 1. The van der Waals surface area contributed by atoms with E-state index >= 15 is 0 Å². The molecule has 152 valence electrons. The Labute approximate surface area is 172 Å². The van der Waals surface area contributed by atoms with E-state index in [1.165, 1.54) is 10.7 Å². The predicted octanol–water partition coefficient (Wildman–Crippen LogP) is 2.55. The maximum Gasteiger partial charge on any atom is 0.411 e. The highest BCUT2D eigenvalue weighted by atomic mass is 16.6. The summed E-state index contributed by atoms with van der Waals surface area (Å²) in [5, 5.41) is 16.7. The summed E-state index contributed by atoms with van der Waals surface area (Å²) in [6.45, 7) is 1.95. The van der Waals surface area contributed by atoms with Crippen molar-refractivity contribution in [1.29, 1.82) is 5.26 Å². The average molecular weight is 404 g/mol. The second kappa shape index (κ2) is 8.08. The molecule has 10 nitrogen and oxygen atoms in total. The topological polar surface area (TPSA) is 135 Å². The van der Waals surface area contributed by atoms with Crippen molar-refractivity contribution < 1.29 is 9.53 Å². The Morgan fingerprint density at radius 3 is 2.80 bits per heavy atom. The quantitative estimate of drug-likeness (QED) is 0.662. The SMILES string of the molecule is Cn1nc(OC(N)=O)cc1Nc1nccc(-c2ccc(N3CCCC3)c(C#N)c2)n1. The number of nitriles is 1. The zero-order chi connectivity index (χ0) is 21.1. The molecule has 1 aromatic carbocycles. The van der Waals surface area contributed by atoms with Crippen LogP contribution in [0.15, 0.2) is 36.5 Å². The lowest BCUT2D eigenvalue weighted by Gasteiger charge is -2.19. The fourth-order valence-electron chi connectivity index (χ4n) is 3.42. The van der Waals surface area contributed by atoms with Crippen molar-refractivity contribution in [3.63, 3.8) is 0 Å². The summed E-state index contributed by atoms with van der Waals surface area (Å²) in [7, 11) is 1.68. The van der Waals surface area contributed by atoms with Crippen LogP contribution in [0.25, 0.3) is 11.3 Å². The highest BCUT2D eigenvalue weighted by molar-refractivity contribution is 5.71. The molecule has 3 aromatic rings. The van der Waals surface area contributed by atoms with Gasteiger partial charge < -0.3 is 20.7 Å². The van der Waals surface area contributed by atoms with Crippen LogP contribution < -0.4 is 20.7 Å². The first kappa shape index (κ1) is 19.2. The van der Waals surface area contributed by atoms with Gasteiger partial charge in [0.2, 0.25) is 11.8 Å². The monoisotopic (exact) mass is 404 g/mol. The van der Waals surface area contributed by atoms with Crippen LogP contribution in [0.5, 0.6) is 5.88 Å². The van der Waals surface area contributed by atoms with Crippen LogP contribution in [-0.2, 0) is 7.05 Å². The minimum Gasteiger partial charge on any atom is -0.390 e. The number of rotatable bonds is 5. The van der Waals surface area contributed by atoms with E-state index in [1.807, 2.05) is 18.2 Å². The summed E-state index contributed by atoms with van der Waals surface area (Å²) in [4.78, 5) is 21.9. The van der Waals surface area contributed by atoms with Crippen LogP contribution in [0.1, 0.15) is 18.4 Å². The van der Waals surface area contributed by atoms with E-state index in [9.17, 15) is 10.1 Å². The van der Waals surface area contributed by atoms with Crippen molar-refractivity contribution in [3.8, 4) is 23.2 Å². The largest absolute Gasteiger partial charge is 0.411 e.